The Hall–Kier alpha value is -4.26. The fourth-order valence-corrected chi connectivity index (χ4v) is 2.90. The Morgan fingerprint density at radius 2 is 1.81 bits per heavy atom. The van der Waals surface area contributed by atoms with Crippen LogP contribution in [-0.4, -0.2) is 24.9 Å². The molecule has 1 aliphatic rings. The molecular weight excluding hydrogens is 401 g/mol. The molecule has 31 heavy (non-hydrogen) atoms. The van der Waals surface area contributed by atoms with Crippen molar-refractivity contribution in [3.63, 3.8) is 0 Å². The number of esters is 2. The molecule has 3 aromatic carbocycles. The molecule has 0 amide bonds. The van der Waals surface area contributed by atoms with E-state index in [0.717, 1.165) is 0 Å². The lowest BCUT2D eigenvalue weighted by Gasteiger charge is -2.10. The summed E-state index contributed by atoms with van der Waals surface area (Å²) in [7, 11) is 1.44. The van der Waals surface area contributed by atoms with Crippen molar-refractivity contribution < 1.29 is 28.2 Å². The van der Waals surface area contributed by atoms with Crippen LogP contribution in [0, 0.1) is 5.82 Å². The van der Waals surface area contributed by atoms with Crippen molar-refractivity contribution in [2.45, 2.75) is 0 Å². The Morgan fingerprint density at radius 3 is 2.55 bits per heavy atom. The maximum atomic E-state index is 13.4. The summed E-state index contributed by atoms with van der Waals surface area (Å²) in [5.74, 6) is -1.07. The van der Waals surface area contributed by atoms with E-state index in [1.54, 1.807) is 54.6 Å². The summed E-state index contributed by atoms with van der Waals surface area (Å²) in [6.45, 7) is 0. The summed E-state index contributed by atoms with van der Waals surface area (Å²) in [5.41, 5.74) is 1.39. The number of rotatable bonds is 5. The van der Waals surface area contributed by atoms with Crippen molar-refractivity contribution in [3.05, 3.63) is 101 Å². The first-order chi connectivity index (χ1) is 15.0. The molecule has 0 aromatic heterocycles. The minimum absolute atomic E-state index is 0.0242. The highest BCUT2D eigenvalue weighted by atomic mass is 19.1. The molecule has 0 spiro atoms. The summed E-state index contributed by atoms with van der Waals surface area (Å²) in [4.78, 5) is 28.6. The molecule has 0 unspecified atom stereocenters. The highest BCUT2D eigenvalue weighted by Gasteiger charge is 2.24. The molecule has 154 valence electrons. The van der Waals surface area contributed by atoms with E-state index in [2.05, 4.69) is 4.99 Å². The molecule has 4 rings (SSSR count). The van der Waals surface area contributed by atoms with Gasteiger partial charge in [-0.25, -0.2) is 19.0 Å². The van der Waals surface area contributed by atoms with Crippen molar-refractivity contribution >= 4 is 23.9 Å². The van der Waals surface area contributed by atoms with E-state index < -0.39 is 17.8 Å². The van der Waals surface area contributed by atoms with Crippen LogP contribution in [0.2, 0.25) is 0 Å². The zero-order valence-electron chi connectivity index (χ0n) is 16.4. The fraction of sp³-hybridized carbons (Fsp3) is 0.0417. The average molecular weight is 417 g/mol. The third-order valence-electron chi connectivity index (χ3n) is 4.40. The molecule has 6 nitrogen and oxygen atoms in total. The highest BCUT2D eigenvalue weighted by Crippen LogP contribution is 2.30. The quantitative estimate of drug-likeness (QED) is 0.350. The van der Waals surface area contributed by atoms with Crippen molar-refractivity contribution in [1.29, 1.82) is 0 Å². The predicted octanol–water partition coefficient (Wildman–Crippen LogP) is 4.40. The van der Waals surface area contributed by atoms with Crippen LogP contribution in [0.25, 0.3) is 6.08 Å². The van der Waals surface area contributed by atoms with E-state index >= 15 is 0 Å². The van der Waals surface area contributed by atoms with Gasteiger partial charge >= 0.3 is 11.9 Å². The molecule has 3 aromatic rings. The van der Waals surface area contributed by atoms with E-state index in [-0.39, 0.29) is 17.3 Å². The lowest BCUT2D eigenvalue weighted by atomic mass is 10.1. The largest absolute Gasteiger partial charge is 0.493 e. The van der Waals surface area contributed by atoms with E-state index in [0.29, 0.717) is 22.4 Å². The van der Waals surface area contributed by atoms with Gasteiger partial charge in [0, 0.05) is 5.56 Å². The zero-order chi connectivity index (χ0) is 21.8. The highest BCUT2D eigenvalue weighted by molar-refractivity contribution is 6.12. The molecular formula is C24H16FNO5. The Morgan fingerprint density at radius 1 is 1.00 bits per heavy atom. The average Bonchev–Trinajstić information content (AvgIpc) is 3.15. The van der Waals surface area contributed by atoms with Gasteiger partial charge in [0.05, 0.1) is 12.7 Å². The van der Waals surface area contributed by atoms with Gasteiger partial charge < -0.3 is 14.2 Å². The molecule has 0 aliphatic carbocycles. The number of ether oxygens (including phenoxy) is 3. The van der Waals surface area contributed by atoms with Crippen LogP contribution in [0.15, 0.2) is 83.5 Å². The normalized spacial score (nSPS) is 14.2. The Balaban J connectivity index is 1.58. The summed E-state index contributed by atoms with van der Waals surface area (Å²) in [6, 6.07) is 19.0. The van der Waals surface area contributed by atoms with Gasteiger partial charge in [-0.2, -0.15) is 0 Å². The lowest BCUT2D eigenvalue weighted by Crippen LogP contribution is -2.09. The third kappa shape index (κ3) is 4.51. The number of aliphatic imine (C=N–C) groups is 1. The van der Waals surface area contributed by atoms with E-state index in [1.807, 2.05) is 0 Å². The van der Waals surface area contributed by atoms with Crippen LogP contribution < -0.4 is 9.47 Å². The lowest BCUT2D eigenvalue weighted by molar-refractivity contribution is -0.129. The topological polar surface area (TPSA) is 74.2 Å². The molecule has 0 radical (unpaired) electrons. The molecule has 0 bridgehead atoms. The van der Waals surface area contributed by atoms with Crippen LogP contribution >= 0.6 is 0 Å². The second-order valence-electron chi connectivity index (χ2n) is 6.51. The molecule has 0 saturated heterocycles. The number of nitrogens with zero attached hydrogens (tertiary/aromatic N) is 1. The summed E-state index contributed by atoms with van der Waals surface area (Å²) >= 11 is 0. The minimum Gasteiger partial charge on any atom is -0.493 e. The maximum absolute atomic E-state index is 13.4. The molecule has 0 N–H and O–H groups in total. The van der Waals surface area contributed by atoms with E-state index in [9.17, 15) is 14.0 Å². The van der Waals surface area contributed by atoms with Crippen LogP contribution in [0.5, 0.6) is 11.5 Å². The first-order valence-corrected chi connectivity index (χ1v) is 9.27. The molecule has 7 heteroatoms. The number of methoxy groups -OCH3 is 1. The van der Waals surface area contributed by atoms with Gasteiger partial charge in [0.2, 0.25) is 5.90 Å². The molecule has 0 saturated carbocycles. The summed E-state index contributed by atoms with van der Waals surface area (Å²) in [6.07, 6.45) is 1.50. The predicted molar refractivity (Wildman–Crippen MR) is 111 cm³/mol. The van der Waals surface area contributed by atoms with Crippen molar-refractivity contribution in [2.75, 3.05) is 7.11 Å². The van der Waals surface area contributed by atoms with Crippen LogP contribution in [0.1, 0.15) is 21.5 Å². The number of carbonyl (C=O) groups excluding carboxylic acids is 2. The maximum Gasteiger partial charge on any atom is 0.363 e. The smallest absolute Gasteiger partial charge is 0.363 e. The number of halogens is 1. The zero-order valence-corrected chi connectivity index (χ0v) is 16.4. The fourth-order valence-electron chi connectivity index (χ4n) is 2.90. The van der Waals surface area contributed by atoms with Crippen LogP contribution in [-0.2, 0) is 9.53 Å². The number of cyclic esters (lactones) is 1. The number of carbonyl (C=O) groups is 2. The second-order valence-corrected chi connectivity index (χ2v) is 6.51. The Labute approximate surface area is 177 Å². The SMILES string of the molecule is COc1cc(/C=C2\N=C(c3cccc(F)c3)OC2=O)ccc1OC(=O)c1ccccc1. The van der Waals surface area contributed by atoms with Gasteiger partial charge in [0.1, 0.15) is 5.82 Å². The summed E-state index contributed by atoms with van der Waals surface area (Å²) < 4.78 is 29.3. The molecule has 1 aliphatic heterocycles. The first kappa shape index (κ1) is 20.0. The monoisotopic (exact) mass is 417 g/mol. The first-order valence-electron chi connectivity index (χ1n) is 9.27. The van der Waals surface area contributed by atoms with Crippen molar-refractivity contribution in [1.82, 2.24) is 0 Å². The molecule has 0 atom stereocenters. The Bertz CT molecular complexity index is 1220. The number of benzene rings is 3. The van der Waals surface area contributed by atoms with E-state index in [1.165, 1.54) is 31.4 Å². The van der Waals surface area contributed by atoms with Gasteiger partial charge in [-0.15, -0.1) is 0 Å². The van der Waals surface area contributed by atoms with Gasteiger partial charge in [-0.05, 0) is 54.1 Å². The van der Waals surface area contributed by atoms with Crippen LogP contribution in [0.4, 0.5) is 4.39 Å². The van der Waals surface area contributed by atoms with Gasteiger partial charge in [0.15, 0.2) is 17.2 Å². The Kier molecular flexibility index (Phi) is 5.57. The van der Waals surface area contributed by atoms with Crippen molar-refractivity contribution in [3.8, 4) is 11.5 Å². The van der Waals surface area contributed by atoms with Crippen molar-refractivity contribution in [2.24, 2.45) is 4.99 Å². The number of hydrogen-bond acceptors (Lipinski definition) is 6. The van der Waals surface area contributed by atoms with Gasteiger partial charge in [-0.3, -0.25) is 0 Å². The minimum atomic E-state index is -0.655. The molecule has 1 heterocycles. The summed E-state index contributed by atoms with van der Waals surface area (Å²) in [5, 5.41) is 0. The molecule has 0 fully saturated rings. The third-order valence-corrected chi connectivity index (χ3v) is 4.40. The van der Waals surface area contributed by atoms with Gasteiger partial charge in [-0.1, -0.05) is 30.3 Å². The van der Waals surface area contributed by atoms with Gasteiger partial charge in [0.25, 0.3) is 0 Å². The van der Waals surface area contributed by atoms with E-state index in [4.69, 9.17) is 14.2 Å². The standard InChI is InChI=1S/C24H16FNO5/c1-29-21-13-15(10-11-20(21)30-23(27)16-6-3-2-4-7-16)12-19-24(28)31-22(26-19)17-8-5-9-18(25)14-17/h2-14H,1H3/b19-12-. The van der Waals surface area contributed by atoms with Crippen LogP contribution in [0.3, 0.4) is 0 Å². The second kappa shape index (κ2) is 8.62. The number of hydrogen-bond donors (Lipinski definition) is 0.